The van der Waals surface area contributed by atoms with Crippen molar-refractivity contribution in [3.05, 3.63) is 92.9 Å². The molecule has 1 N–H and O–H groups in total. The zero-order valence-electron chi connectivity index (χ0n) is 21.6. The molecular formula is C27H30N4O8. The Kier molecular flexibility index (Phi) is 9.10. The van der Waals surface area contributed by atoms with Crippen LogP contribution in [0.4, 0.5) is 10.6 Å². The molecule has 0 bridgehead atoms. The highest BCUT2D eigenvalue weighted by atomic mass is 16.7. The average Bonchev–Trinajstić information content (AvgIpc) is 3.31. The Balaban J connectivity index is 1.33. The second-order valence-electron chi connectivity index (χ2n) is 9.00. The first-order chi connectivity index (χ1) is 18.8. The maximum absolute atomic E-state index is 12.4. The molecule has 0 amide bonds. The molecular weight excluding hydrogens is 508 g/mol. The topological polar surface area (TPSA) is 142 Å². The van der Waals surface area contributed by atoms with Crippen molar-refractivity contribution >= 4 is 17.9 Å². The van der Waals surface area contributed by atoms with Gasteiger partial charge in [-0.1, -0.05) is 36.4 Å². The summed E-state index contributed by atoms with van der Waals surface area (Å²) in [6.07, 6.45) is -0.157. The van der Waals surface area contributed by atoms with Gasteiger partial charge in [-0.15, -0.1) is 0 Å². The number of carbonyl (C=O) groups excluding carboxylic acids is 2. The number of benzene rings is 1. The van der Waals surface area contributed by atoms with Gasteiger partial charge in [-0.05, 0) is 24.6 Å². The summed E-state index contributed by atoms with van der Waals surface area (Å²) >= 11 is 0. The van der Waals surface area contributed by atoms with Crippen LogP contribution in [-0.4, -0.2) is 58.6 Å². The predicted octanol–water partition coefficient (Wildman–Crippen LogP) is 2.32. The third-order valence-electron chi connectivity index (χ3n) is 6.09. The molecule has 39 heavy (non-hydrogen) atoms. The molecule has 3 atom stereocenters. The number of carbonyl (C=O) groups is 2. The zero-order chi connectivity index (χ0) is 27.8. The third-order valence-corrected chi connectivity index (χ3v) is 6.09. The molecule has 12 heteroatoms. The van der Waals surface area contributed by atoms with E-state index in [1.165, 1.54) is 17.7 Å². The van der Waals surface area contributed by atoms with Crippen LogP contribution in [-0.2, 0) is 30.3 Å². The smallest absolute Gasteiger partial charge is 0.459 e. The molecule has 1 fully saturated rings. The molecule has 3 aromatic rings. The number of pyridine rings is 1. The summed E-state index contributed by atoms with van der Waals surface area (Å²) < 4.78 is 22.9. The Morgan fingerprint density at radius 1 is 1.13 bits per heavy atom. The standard InChI is InChI=1S/C27H30N4O8/c1-18-15-31(26(34)29-25(18)33)24-14-21(38-19(2)32)22(39-24)17-37-27(35)36-13-12-30(23-10-6-7-11-28-23)16-20-8-4-3-5-9-20/h3-11,15,21-22,24H,12-14,16-17H2,1-2H3,(H,29,33,34)/t21-,22+,24+/m0/s1. The van der Waals surface area contributed by atoms with E-state index in [1.807, 2.05) is 53.4 Å². The van der Waals surface area contributed by atoms with Gasteiger partial charge in [-0.25, -0.2) is 14.6 Å². The number of H-pyrrole nitrogens is 1. The van der Waals surface area contributed by atoms with Crippen molar-refractivity contribution in [1.29, 1.82) is 0 Å². The van der Waals surface area contributed by atoms with Crippen molar-refractivity contribution in [2.24, 2.45) is 0 Å². The number of nitrogens with zero attached hydrogens (tertiary/aromatic N) is 3. The fraction of sp³-hybridized carbons (Fsp3) is 0.370. The van der Waals surface area contributed by atoms with Crippen molar-refractivity contribution < 1.29 is 28.5 Å². The maximum Gasteiger partial charge on any atom is 0.508 e. The van der Waals surface area contributed by atoms with Crippen LogP contribution in [0.15, 0.2) is 70.5 Å². The number of aromatic amines is 1. The van der Waals surface area contributed by atoms with Crippen LogP contribution in [0.1, 0.15) is 30.7 Å². The van der Waals surface area contributed by atoms with E-state index >= 15 is 0 Å². The number of nitrogens with one attached hydrogen (secondary N) is 1. The summed E-state index contributed by atoms with van der Waals surface area (Å²) in [5, 5.41) is 0. The normalized spacial score (nSPS) is 18.4. The van der Waals surface area contributed by atoms with Crippen molar-refractivity contribution in [2.75, 3.05) is 24.7 Å². The molecule has 0 aliphatic carbocycles. The lowest BCUT2D eigenvalue weighted by atomic mass is 10.2. The number of anilines is 1. The first-order valence-corrected chi connectivity index (χ1v) is 12.4. The summed E-state index contributed by atoms with van der Waals surface area (Å²) in [5.74, 6) is 0.190. The van der Waals surface area contributed by atoms with Crippen molar-refractivity contribution in [2.45, 2.75) is 45.2 Å². The molecule has 0 saturated carbocycles. The molecule has 0 unspecified atom stereocenters. The Morgan fingerprint density at radius 2 is 1.90 bits per heavy atom. The molecule has 1 aliphatic rings. The summed E-state index contributed by atoms with van der Waals surface area (Å²) in [7, 11) is 0. The Morgan fingerprint density at radius 3 is 2.62 bits per heavy atom. The maximum atomic E-state index is 12.4. The van der Waals surface area contributed by atoms with Crippen molar-refractivity contribution in [1.82, 2.24) is 14.5 Å². The van der Waals surface area contributed by atoms with Gasteiger partial charge in [-0.2, -0.15) is 0 Å². The fourth-order valence-corrected chi connectivity index (χ4v) is 4.21. The van der Waals surface area contributed by atoms with Crippen molar-refractivity contribution in [3.63, 3.8) is 0 Å². The Hall–Kier alpha value is -4.45. The monoisotopic (exact) mass is 538 g/mol. The number of hydrogen-bond donors (Lipinski definition) is 1. The summed E-state index contributed by atoms with van der Waals surface area (Å²) in [6, 6.07) is 15.4. The van der Waals surface area contributed by atoms with E-state index in [0.717, 1.165) is 11.4 Å². The molecule has 0 radical (unpaired) electrons. The lowest BCUT2D eigenvalue weighted by Crippen LogP contribution is -2.34. The van der Waals surface area contributed by atoms with Crippen LogP contribution >= 0.6 is 0 Å². The highest BCUT2D eigenvalue weighted by Gasteiger charge is 2.40. The summed E-state index contributed by atoms with van der Waals surface area (Å²) in [5.41, 5.74) is 0.231. The number of ether oxygens (including phenoxy) is 4. The van der Waals surface area contributed by atoms with Crippen LogP contribution in [0.2, 0.25) is 0 Å². The van der Waals surface area contributed by atoms with Crippen LogP contribution < -0.4 is 16.1 Å². The molecule has 1 aliphatic heterocycles. The van der Waals surface area contributed by atoms with E-state index in [-0.39, 0.29) is 19.6 Å². The van der Waals surface area contributed by atoms with Gasteiger partial charge in [0.1, 0.15) is 37.5 Å². The highest BCUT2D eigenvalue weighted by Crippen LogP contribution is 2.30. The van der Waals surface area contributed by atoms with E-state index in [0.29, 0.717) is 18.7 Å². The minimum absolute atomic E-state index is 0.0375. The molecule has 12 nitrogen and oxygen atoms in total. The van der Waals surface area contributed by atoms with Gasteiger partial charge in [0.05, 0.1) is 6.54 Å². The third kappa shape index (κ3) is 7.54. The SMILES string of the molecule is CC(=O)O[C@H]1C[C@H](n2cc(C)c(=O)[nH]c2=O)O[C@@H]1COC(=O)OCCN(Cc1ccccc1)c1ccccn1. The van der Waals surface area contributed by atoms with Gasteiger partial charge in [0.2, 0.25) is 0 Å². The second-order valence-corrected chi connectivity index (χ2v) is 9.00. The Bertz CT molecular complexity index is 1380. The largest absolute Gasteiger partial charge is 0.508 e. The summed E-state index contributed by atoms with van der Waals surface area (Å²) in [6.45, 7) is 3.51. The number of rotatable bonds is 10. The molecule has 1 saturated heterocycles. The Labute approximate surface area is 224 Å². The number of aryl methyl sites for hydroxylation is 1. The molecule has 4 rings (SSSR count). The zero-order valence-corrected chi connectivity index (χ0v) is 21.6. The first kappa shape index (κ1) is 27.6. The van der Waals surface area contributed by atoms with Crippen LogP contribution in [0.5, 0.6) is 0 Å². The van der Waals surface area contributed by atoms with Gasteiger partial charge in [-0.3, -0.25) is 19.1 Å². The number of aromatic nitrogens is 3. The predicted molar refractivity (Wildman–Crippen MR) is 139 cm³/mol. The van der Waals surface area contributed by atoms with E-state index < -0.39 is 41.8 Å². The summed E-state index contributed by atoms with van der Waals surface area (Å²) in [4.78, 5) is 56.5. The average molecular weight is 539 g/mol. The van der Waals surface area contributed by atoms with Gasteiger partial charge < -0.3 is 23.8 Å². The van der Waals surface area contributed by atoms with Crippen LogP contribution in [0, 0.1) is 6.92 Å². The second kappa shape index (κ2) is 12.9. The lowest BCUT2D eigenvalue weighted by Gasteiger charge is -2.23. The minimum Gasteiger partial charge on any atom is -0.459 e. The first-order valence-electron chi connectivity index (χ1n) is 12.4. The number of esters is 1. The lowest BCUT2D eigenvalue weighted by molar-refractivity contribution is -0.150. The molecule has 1 aromatic carbocycles. The van der Waals surface area contributed by atoms with E-state index in [1.54, 1.807) is 13.1 Å². The van der Waals surface area contributed by atoms with E-state index in [2.05, 4.69) is 9.97 Å². The number of hydrogen-bond acceptors (Lipinski definition) is 10. The van der Waals surface area contributed by atoms with Crippen LogP contribution in [0.3, 0.4) is 0 Å². The van der Waals surface area contributed by atoms with E-state index in [9.17, 15) is 19.2 Å². The van der Waals surface area contributed by atoms with Crippen molar-refractivity contribution in [3.8, 4) is 0 Å². The van der Waals surface area contributed by atoms with Crippen LogP contribution in [0.25, 0.3) is 0 Å². The van der Waals surface area contributed by atoms with Gasteiger partial charge >= 0.3 is 17.8 Å². The van der Waals surface area contributed by atoms with Gasteiger partial charge in [0.25, 0.3) is 5.56 Å². The van der Waals surface area contributed by atoms with Gasteiger partial charge in [0.15, 0.2) is 0 Å². The molecule has 3 heterocycles. The van der Waals surface area contributed by atoms with E-state index in [4.69, 9.17) is 18.9 Å². The molecule has 2 aromatic heterocycles. The van der Waals surface area contributed by atoms with Gasteiger partial charge in [0, 0.05) is 37.8 Å². The minimum atomic E-state index is -0.915. The molecule has 206 valence electrons. The fourth-order valence-electron chi connectivity index (χ4n) is 4.21. The highest BCUT2D eigenvalue weighted by molar-refractivity contribution is 5.66. The quantitative estimate of drug-likeness (QED) is 0.382. The molecule has 0 spiro atoms.